The molecule has 4 rings (SSSR count). The zero-order valence-electron chi connectivity index (χ0n) is 17.7. The van der Waals surface area contributed by atoms with E-state index in [4.69, 9.17) is 4.74 Å². The highest BCUT2D eigenvalue weighted by atomic mass is 19.1. The molecule has 0 radical (unpaired) electrons. The van der Waals surface area contributed by atoms with Gasteiger partial charge in [-0.3, -0.25) is 9.59 Å². The van der Waals surface area contributed by atoms with Crippen LogP contribution in [0.2, 0.25) is 0 Å². The number of pyridine rings is 1. The van der Waals surface area contributed by atoms with E-state index in [1.807, 2.05) is 0 Å². The number of aromatic nitrogens is 1. The summed E-state index contributed by atoms with van der Waals surface area (Å²) in [6, 6.07) is 20.8. The molecule has 0 atom stereocenters. The van der Waals surface area contributed by atoms with Crippen LogP contribution >= 0.6 is 0 Å². The largest absolute Gasteiger partial charge is 0.452 e. The Morgan fingerprint density at radius 3 is 2.33 bits per heavy atom. The van der Waals surface area contributed by atoms with Crippen molar-refractivity contribution in [3.8, 4) is 11.3 Å². The van der Waals surface area contributed by atoms with Crippen LogP contribution in [-0.2, 0) is 9.53 Å². The number of Topliss-reactive ketones (excluding diaryl/α,β-unsaturated/α-hetero) is 1. The van der Waals surface area contributed by atoms with Crippen LogP contribution in [0.4, 0.5) is 10.1 Å². The zero-order valence-corrected chi connectivity index (χ0v) is 17.7. The maximum Gasteiger partial charge on any atom is 0.339 e. The van der Waals surface area contributed by atoms with Crippen LogP contribution < -0.4 is 5.32 Å². The third-order valence-corrected chi connectivity index (χ3v) is 4.99. The van der Waals surface area contributed by atoms with E-state index >= 15 is 0 Å². The third-order valence-electron chi connectivity index (χ3n) is 4.99. The van der Waals surface area contributed by atoms with Gasteiger partial charge in [-0.15, -0.1) is 0 Å². The van der Waals surface area contributed by atoms with Gasteiger partial charge in [0.15, 0.2) is 12.4 Å². The maximum absolute atomic E-state index is 13.3. The number of ketones is 1. The molecule has 0 aliphatic heterocycles. The molecule has 0 aliphatic carbocycles. The molecule has 0 aliphatic rings. The van der Waals surface area contributed by atoms with Crippen molar-refractivity contribution in [2.45, 2.75) is 6.92 Å². The van der Waals surface area contributed by atoms with Gasteiger partial charge >= 0.3 is 5.97 Å². The zero-order chi connectivity index (χ0) is 23.4. The number of anilines is 1. The first-order valence-electron chi connectivity index (χ1n) is 10.1. The molecular formula is C26H19FN2O4. The number of carbonyl (C=O) groups excluding carboxylic acids is 3. The first-order valence-corrected chi connectivity index (χ1v) is 10.1. The molecule has 0 unspecified atom stereocenters. The SMILES string of the molecule is CC(=O)c1ccc(NC(=O)COC(=O)c2cc(-c3ccc(F)cc3)nc3ccccc23)cc1. The summed E-state index contributed by atoms with van der Waals surface area (Å²) in [6.45, 7) is 0.965. The number of nitrogens with zero attached hydrogens (tertiary/aromatic N) is 1. The van der Waals surface area contributed by atoms with Crippen LogP contribution in [0, 0.1) is 5.82 Å². The number of esters is 1. The molecule has 1 aromatic heterocycles. The van der Waals surface area contributed by atoms with Crippen LogP contribution in [0.25, 0.3) is 22.2 Å². The van der Waals surface area contributed by atoms with E-state index in [1.165, 1.54) is 19.1 Å². The summed E-state index contributed by atoms with van der Waals surface area (Å²) in [5, 5.41) is 3.20. The highest BCUT2D eigenvalue weighted by Gasteiger charge is 2.17. The summed E-state index contributed by atoms with van der Waals surface area (Å²) < 4.78 is 18.6. The van der Waals surface area contributed by atoms with Gasteiger partial charge in [-0.2, -0.15) is 0 Å². The van der Waals surface area contributed by atoms with Crippen molar-refractivity contribution in [3.05, 3.63) is 95.8 Å². The molecule has 6 nitrogen and oxygen atoms in total. The molecule has 0 saturated carbocycles. The molecule has 1 N–H and O–H groups in total. The molecule has 0 fully saturated rings. The van der Waals surface area contributed by atoms with Crippen molar-refractivity contribution in [2.24, 2.45) is 0 Å². The first-order chi connectivity index (χ1) is 15.9. The fourth-order valence-corrected chi connectivity index (χ4v) is 3.31. The summed E-state index contributed by atoms with van der Waals surface area (Å²) in [5.41, 5.74) is 2.95. The predicted molar refractivity (Wildman–Crippen MR) is 122 cm³/mol. The Kier molecular flexibility index (Phi) is 6.22. The van der Waals surface area contributed by atoms with Crippen LogP contribution in [0.5, 0.6) is 0 Å². The van der Waals surface area contributed by atoms with Crippen molar-refractivity contribution in [1.29, 1.82) is 0 Å². The van der Waals surface area contributed by atoms with Crippen LogP contribution in [0.3, 0.4) is 0 Å². The lowest BCUT2D eigenvalue weighted by Gasteiger charge is -2.11. The number of para-hydroxylation sites is 1. The topological polar surface area (TPSA) is 85.4 Å². The lowest BCUT2D eigenvalue weighted by Crippen LogP contribution is -2.21. The number of fused-ring (bicyclic) bond motifs is 1. The normalized spacial score (nSPS) is 10.6. The summed E-state index contributed by atoms with van der Waals surface area (Å²) >= 11 is 0. The minimum absolute atomic E-state index is 0.0774. The Hall–Kier alpha value is -4.39. The molecule has 4 aromatic rings. The Balaban J connectivity index is 1.51. The lowest BCUT2D eigenvalue weighted by atomic mass is 10.0. The molecule has 7 heteroatoms. The molecule has 33 heavy (non-hydrogen) atoms. The molecule has 1 heterocycles. The number of halogens is 1. The average molecular weight is 442 g/mol. The van der Waals surface area contributed by atoms with E-state index in [0.29, 0.717) is 33.4 Å². The number of ether oxygens (including phenoxy) is 1. The van der Waals surface area contributed by atoms with Crippen molar-refractivity contribution >= 4 is 34.3 Å². The third kappa shape index (κ3) is 5.10. The van der Waals surface area contributed by atoms with Gasteiger partial charge < -0.3 is 10.1 Å². The van der Waals surface area contributed by atoms with E-state index in [1.54, 1.807) is 66.7 Å². The fraction of sp³-hybridized carbons (Fsp3) is 0.0769. The van der Waals surface area contributed by atoms with Crippen molar-refractivity contribution in [3.63, 3.8) is 0 Å². The molecule has 0 saturated heterocycles. The number of amides is 1. The highest BCUT2D eigenvalue weighted by molar-refractivity contribution is 6.05. The van der Waals surface area contributed by atoms with Gasteiger partial charge in [-0.25, -0.2) is 14.2 Å². The van der Waals surface area contributed by atoms with Crippen LogP contribution in [-0.4, -0.2) is 29.3 Å². The molecule has 0 spiro atoms. The Labute approximate surface area is 189 Å². The van der Waals surface area contributed by atoms with Gasteiger partial charge in [0.05, 0.1) is 16.8 Å². The number of carbonyl (C=O) groups is 3. The van der Waals surface area contributed by atoms with E-state index < -0.39 is 18.5 Å². The summed E-state index contributed by atoms with van der Waals surface area (Å²) in [7, 11) is 0. The smallest absolute Gasteiger partial charge is 0.339 e. The van der Waals surface area contributed by atoms with Gasteiger partial charge in [0, 0.05) is 22.2 Å². The number of hydrogen-bond acceptors (Lipinski definition) is 5. The van der Waals surface area contributed by atoms with Gasteiger partial charge in [0.25, 0.3) is 5.91 Å². The maximum atomic E-state index is 13.3. The second-order valence-electron chi connectivity index (χ2n) is 7.34. The number of benzene rings is 3. The van der Waals surface area contributed by atoms with E-state index in [9.17, 15) is 18.8 Å². The number of rotatable bonds is 6. The minimum Gasteiger partial charge on any atom is -0.452 e. The number of nitrogens with one attached hydrogen (secondary N) is 1. The second-order valence-corrected chi connectivity index (χ2v) is 7.34. The second kappa shape index (κ2) is 9.40. The minimum atomic E-state index is -0.681. The van der Waals surface area contributed by atoms with Gasteiger partial charge in [0.1, 0.15) is 5.82 Å². The summed E-state index contributed by atoms with van der Waals surface area (Å²) in [5.74, 6) is -1.65. The lowest BCUT2D eigenvalue weighted by molar-refractivity contribution is -0.119. The van der Waals surface area contributed by atoms with Crippen molar-refractivity contribution in [1.82, 2.24) is 4.98 Å². The van der Waals surface area contributed by atoms with Crippen LogP contribution in [0.1, 0.15) is 27.6 Å². The monoisotopic (exact) mass is 442 g/mol. The Morgan fingerprint density at radius 2 is 1.64 bits per heavy atom. The summed E-state index contributed by atoms with van der Waals surface area (Å²) in [4.78, 5) is 41.0. The number of hydrogen-bond donors (Lipinski definition) is 1. The van der Waals surface area contributed by atoms with Crippen LogP contribution in [0.15, 0.2) is 78.9 Å². The predicted octanol–water partition coefficient (Wildman–Crippen LogP) is 5.04. The van der Waals surface area contributed by atoms with Crippen molar-refractivity contribution in [2.75, 3.05) is 11.9 Å². The molecule has 3 aromatic carbocycles. The van der Waals surface area contributed by atoms with E-state index in [-0.39, 0.29) is 17.2 Å². The molecule has 1 amide bonds. The molecule has 0 bridgehead atoms. The quantitative estimate of drug-likeness (QED) is 0.334. The first kappa shape index (κ1) is 21.8. The Morgan fingerprint density at radius 1 is 0.939 bits per heavy atom. The van der Waals surface area contributed by atoms with E-state index in [2.05, 4.69) is 10.3 Å². The fourth-order valence-electron chi connectivity index (χ4n) is 3.31. The Bertz CT molecular complexity index is 1350. The van der Waals surface area contributed by atoms with Gasteiger partial charge in [-0.1, -0.05) is 18.2 Å². The summed E-state index contributed by atoms with van der Waals surface area (Å²) in [6.07, 6.45) is 0. The highest BCUT2D eigenvalue weighted by Crippen LogP contribution is 2.25. The average Bonchev–Trinajstić information content (AvgIpc) is 2.82. The molecule has 164 valence electrons. The van der Waals surface area contributed by atoms with Crippen molar-refractivity contribution < 1.29 is 23.5 Å². The van der Waals surface area contributed by atoms with Gasteiger partial charge in [-0.05, 0) is 67.6 Å². The molecular weight excluding hydrogens is 423 g/mol. The van der Waals surface area contributed by atoms with Gasteiger partial charge in [0.2, 0.25) is 0 Å². The van der Waals surface area contributed by atoms with E-state index in [0.717, 1.165) is 0 Å². The standard InChI is InChI=1S/C26H19FN2O4/c1-16(30)17-8-12-20(13-9-17)28-25(31)15-33-26(32)22-14-24(18-6-10-19(27)11-7-18)29-23-5-3-2-4-21(22)23/h2-14H,15H2,1H3,(H,28,31).